The molecule has 0 saturated carbocycles. The molecular weight excluding hydrogens is 370 g/mol. The van der Waals surface area contributed by atoms with E-state index >= 15 is 0 Å². The van der Waals surface area contributed by atoms with Crippen molar-refractivity contribution < 1.29 is 4.74 Å². The number of aromatic nitrogens is 3. The molecule has 0 aliphatic carbocycles. The molecule has 1 saturated heterocycles. The second-order valence-corrected chi connectivity index (χ2v) is 7.23. The molecule has 1 fully saturated rings. The topological polar surface area (TPSA) is 81.4 Å². The Bertz CT molecular complexity index is 955. The largest absolute Gasteiger partial charge is 0.480 e. The lowest BCUT2D eigenvalue weighted by molar-refractivity contribution is 0.397. The lowest BCUT2D eigenvalue weighted by atomic mass is 10.1. The van der Waals surface area contributed by atoms with Crippen LogP contribution >= 0.6 is 11.6 Å². The van der Waals surface area contributed by atoms with E-state index in [1.54, 1.807) is 13.2 Å². The minimum Gasteiger partial charge on any atom is -0.480 e. The molecule has 2 aromatic heterocycles. The molecule has 3 heterocycles. The summed E-state index contributed by atoms with van der Waals surface area (Å²) in [6.45, 7) is 3.53. The highest BCUT2D eigenvalue weighted by atomic mass is 35.5. The Kier molecular flexibility index (Phi) is 5.57. The molecule has 1 unspecified atom stereocenters. The van der Waals surface area contributed by atoms with Crippen LogP contribution in [0.4, 0.5) is 5.82 Å². The molecule has 27 heavy (non-hydrogen) atoms. The number of rotatable bonds is 5. The molecule has 1 aliphatic heterocycles. The van der Waals surface area contributed by atoms with Crippen LogP contribution < -0.4 is 26.2 Å². The lowest BCUT2D eigenvalue weighted by Gasteiger charge is -2.23. The van der Waals surface area contributed by atoms with E-state index in [4.69, 9.17) is 16.3 Å². The standard InChI is InChI=1S/C18H24ClN5O3/c1-11(12-7-14(19)17(27-4)20-9-12)21-13-5-6-24(10-13)15-8-16(25)23(3)18(26)22(15)2/h7-9,11,13,21H,5-6,10H2,1-4H3/t11?,13-/m0/s1. The average Bonchev–Trinajstić information content (AvgIpc) is 3.11. The first-order chi connectivity index (χ1) is 12.8. The minimum atomic E-state index is -0.318. The Morgan fingerprint density at radius 3 is 2.70 bits per heavy atom. The molecule has 146 valence electrons. The van der Waals surface area contributed by atoms with Gasteiger partial charge in [0, 0.05) is 51.5 Å². The predicted octanol–water partition coefficient (Wildman–Crippen LogP) is 1.07. The molecule has 8 nitrogen and oxygen atoms in total. The molecule has 0 amide bonds. The summed E-state index contributed by atoms with van der Waals surface area (Å²) in [4.78, 5) is 30.4. The van der Waals surface area contributed by atoms with Crippen LogP contribution in [0, 0.1) is 0 Å². The summed E-state index contributed by atoms with van der Waals surface area (Å²) >= 11 is 6.17. The van der Waals surface area contributed by atoms with Crippen molar-refractivity contribution in [2.75, 3.05) is 25.1 Å². The van der Waals surface area contributed by atoms with Crippen LogP contribution in [-0.2, 0) is 14.1 Å². The molecule has 2 aromatic rings. The number of ether oxygens (including phenoxy) is 1. The van der Waals surface area contributed by atoms with Gasteiger partial charge in [-0.3, -0.25) is 13.9 Å². The fourth-order valence-corrected chi connectivity index (χ4v) is 3.66. The van der Waals surface area contributed by atoms with E-state index in [9.17, 15) is 9.59 Å². The Morgan fingerprint density at radius 2 is 2.04 bits per heavy atom. The molecule has 3 rings (SSSR count). The van der Waals surface area contributed by atoms with Gasteiger partial charge in [-0.25, -0.2) is 9.78 Å². The zero-order chi connectivity index (χ0) is 19.7. The number of methoxy groups -OCH3 is 1. The van der Waals surface area contributed by atoms with Gasteiger partial charge in [-0.1, -0.05) is 11.6 Å². The summed E-state index contributed by atoms with van der Waals surface area (Å²) in [5.41, 5.74) is 0.360. The number of anilines is 1. The van der Waals surface area contributed by atoms with Crippen molar-refractivity contribution in [3.8, 4) is 5.88 Å². The number of nitrogens with one attached hydrogen (secondary N) is 1. The van der Waals surface area contributed by atoms with Gasteiger partial charge in [-0.2, -0.15) is 0 Å². The third-order valence-corrected chi connectivity index (χ3v) is 5.29. The maximum absolute atomic E-state index is 12.1. The highest BCUT2D eigenvalue weighted by Crippen LogP contribution is 2.26. The van der Waals surface area contributed by atoms with E-state index in [1.807, 2.05) is 6.07 Å². The maximum Gasteiger partial charge on any atom is 0.332 e. The van der Waals surface area contributed by atoms with Crippen molar-refractivity contribution in [2.24, 2.45) is 14.1 Å². The van der Waals surface area contributed by atoms with Gasteiger partial charge in [-0.05, 0) is 25.0 Å². The van der Waals surface area contributed by atoms with E-state index in [-0.39, 0.29) is 23.3 Å². The maximum atomic E-state index is 12.1. The Balaban J connectivity index is 1.71. The van der Waals surface area contributed by atoms with Crippen molar-refractivity contribution >= 4 is 17.4 Å². The van der Waals surface area contributed by atoms with Crippen LogP contribution in [0.5, 0.6) is 5.88 Å². The van der Waals surface area contributed by atoms with E-state index in [0.29, 0.717) is 23.3 Å². The molecule has 1 N–H and O–H groups in total. The molecule has 9 heteroatoms. The first-order valence-corrected chi connectivity index (χ1v) is 9.17. The van der Waals surface area contributed by atoms with Crippen molar-refractivity contribution in [3.63, 3.8) is 0 Å². The summed E-state index contributed by atoms with van der Waals surface area (Å²) in [6.07, 6.45) is 2.66. The lowest BCUT2D eigenvalue weighted by Crippen LogP contribution is -2.41. The first-order valence-electron chi connectivity index (χ1n) is 8.79. The van der Waals surface area contributed by atoms with Crippen LogP contribution in [0.15, 0.2) is 27.9 Å². The third kappa shape index (κ3) is 3.86. The normalized spacial score (nSPS) is 18.0. The van der Waals surface area contributed by atoms with E-state index < -0.39 is 0 Å². The summed E-state index contributed by atoms with van der Waals surface area (Å²) in [7, 11) is 4.71. The number of hydrogen-bond acceptors (Lipinski definition) is 6. The molecule has 0 bridgehead atoms. The molecular formula is C18H24ClN5O3. The van der Waals surface area contributed by atoms with Crippen LogP contribution in [-0.4, -0.2) is 40.4 Å². The van der Waals surface area contributed by atoms with E-state index in [1.165, 1.54) is 24.8 Å². The highest BCUT2D eigenvalue weighted by Gasteiger charge is 2.26. The summed E-state index contributed by atoms with van der Waals surface area (Å²) in [5, 5.41) is 4.05. The second kappa shape index (κ2) is 7.74. The summed E-state index contributed by atoms with van der Waals surface area (Å²) in [6, 6.07) is 3.64. The molecule has 1 aliphatic rings. The predicted molar refractivity (Wildman–Crippen MR) is 105 cm³/mol. The van der Waals surface area contributed by atoms with Gasteiger partial charge in [0.25, 0.3) is 5.56 Å². The van der Waals surface area contributed by atoms with Crippen molar-refractivity contribution in [3.05, 3.63) is 49.8 Å². The van der Waals surface area contributed by atoms with Crippen LogP contribution in [0.1, 0.15) is 24.9 Å². The number of hydrogen-bond donors (Lipinski definition) is 1. The van der Waals surface area contributed by atoms with Gasteiger partial charge in [0.15, 0.2) is 0 Å². The monoisotopic (exact) mass is 393 g/mol. The Hall–Kier alpha value is -2.32. The van der Waals surface area contributed by atoms with Crippen molar-refractivity contribution in [1.29, 1.82) is 0 Å². The Labute approximate surface area is 162 Å². The summed E-state index contributed by atoms with van der Waals surface area (Å²) in [5.74, 6) is 1.06. The Morgan fingerprint density at radius 1 is 1.30 bits per heavy atom. The van der Waals surface area contributed by atoms with Gasteiger partial charge >= 0.3 is 5.69 Å². The highest BCUT2D eigenvalue weighted by molar-refractivity contribution is 6.31. The van der Waals surface area contributed by atoms with E-state index in [0.717, 1.165) is 23.1 Å². The first kappa shape index (κ1) is 19.4. The van der Waals surface area contributed by atoms with Gasteiger partial charge < -0.3 is 15.0 Å². The van der Waals surface area contributed by atoms with Gasteiger partial charge in [0.05, 0.1) is 7.11 Å². The third-order valence-electron chi connectivity index (χ3n) is 5.02. The summed E-state index contributed by atoms with van der Waals surface area (Å²) < 4.78 is 7.71. The molecule has 2 atom stereocenters. The molecule has 0 spiro atoms. The van der Waals surface area contributed by atoms with Gasteiger partial charge in [0.2, 0.25) is 5.88 Å². The number of pyridine rings is 1. The quantitative estimate of drug-likeness (QED) is 0.818. The van der Waals surface area contributed by atoms with Crippen molar-refractivity contribution in [2.45, 2.75) is 25.4 Å². The SMILES string of the molecule is COc1ncc(C(C)N[C@H]2CCN(c3cc(=O)n(C)c(=O)n3C)C2)cc1Cl. The molecule has 0 radical (unpaired) electrons. The smallest absolute Gasteiger partial charge is 0.332 e. The van der Waals surface area contributed by atoms with Gasteiger partial charge in [0.1, 0.15) is 10.8 Å². The van der Waals surface area contributed by atoms with Crippen LogP contribution in [0.25, 0.3) is 0 Å². The minimum absolute atomic E-state index is 0.0540. The zero-order valence-electron chi connectivity index (χ0n) is 15.9. The fourth-order valence-electron chi connectivity index (χ4n) is 3.41. The fraction of sp³-hybridized carbons (Fsp3) is 0.500. The second-order valence-electron chi connectivity index (χ2n) is 6.82. The average molecular weight is 394 g/mol. The number of nitrogens with zero attached hydrogens (tertiary/aromatic N) is 4. The van der Waals surface area contributed by atoms with E-state index in [2.05, 4.69) is 22.1 Å². The van der Waals surface area contributed by atoms with Gasteiger partial charge in [-0.15, -0.1) is 0 Å². The zero-order valence-corrected chi connectivity index (χ0v) is 16.7. The van der Waals surface area contributed by atoms with Crippen LogP contribution in [0.2, 0.25) is 5.02 Å². The van der Waals surface area contributed by atoms with Crippen LogP contribution in [0.3, 0.4) is 0 Å². The molecule has 0 aromatic carbocycles. The van der Waals surface area contributed by atoms with Crippen molar-refractivity contribution in [1.82, 2.24) is 19.4 Å². The number of halogens is 1.